The topological polar surface area (TPSA) is 45.1 Å². The molecule has 1 aliphatic rings. The molecule has 0 unspecified atom stereocenters. The molecule has 0 radical (unpaired) electrons. The zero-order chi connectivity index (χ0) is 8.10. The van der Waals surface area contributed by atoms with E-state index in [0.29, 0.717) is 0 Å². The van der Waals surface area contributed by atoms with Crippen LogP contribution in [0, 0.1) is 0 Å². The summed E-state index contributed by atoms with van der Waals surface area (Å²) in [4.78, 5) is 7.17. The molecule has 0 atom stereocenters. The van der Waals surface area contributed by atoms with Gasteiger partial charge < -0.3 is 9.94 Å². The summed E-state index contributed by atoms with van der Waals surface area (Å²) in [6, 6.07) is 0. The molecule has 64 valence electrons. The number of hydrogen-bond donors (Lipinski definition) is 1. The van der Waals surface area contributed by atoms with Gasteiger partial charge in [-0.15, -0.1) is 0 Å². The van der Waals surface area contributed by atoms with Crippen LogP contribution in [0.2, 0.25) is 0 Å². The summed E-state index contributed by atoms with van der Waals surface area (Å²) in [5.41, 5.74) is 0. The van der Waals surface area contributed by atoms with Crippen LogP contribution in [0.15, 0.2) is 5.16 Å². The fourth-order valence-electron chi connectivity index (χ4n) is 1.06. The van der Waals surface area contributed by atoms with Crippen molar-refractivity contribution in [2.45, 2.75) is 13.0 Å². The molecular weight excluding hydrogens is 144 g/mol. The van der Waals surface area contributed by atoms with Crippen LogP contribution in [0.1, 0.15) is 6.92 Å². The third kappa shape index (κ3) is 2.48. The number of aliphatic hydroxyl groups is 1. The van der Waals surface area contributed by atoms with E-state index in [0.717, 1.165) is 19.6 Å². The summed E-state index contributed by atoms with van der Waals surface area (Å²) in [7, 11) is 0. The van der Waals surface area contributed by atoms with Gasteiger partial charge in [0.1, 0.15) is 0 Å². The Balaban J connectivity index is 2.00. The van der Waals surface area contributed by atoms with Crippen LogP contribution in [0.4, 0.5) is 0 Å². The average molecular weight is 158 g/mol. The van der Waals surface area contributed by atoms with E-state index in [2.05, 4.69) is 10.1 Å². The number of oxime groups is 1. The van der Waals surface area contributed by atoms with E-state index < -0.39 is 0 Å². The fourth-order valence-corrected chi connectivity index (χ4v) is 1.06. The highest BCUT2D eigenvalue weighted by molar-refractivity contribution is 5.52. The molecule has 11 heavy (non-hydrogen) atoms. The Morgan fingerprint density at radius 2 is 2.45 bits per heavy atom. The lowest BCUT2D eigenvalue weighted by molar-refractivity contribution is -0.0561. The fraction of sp³-hybridized carbons (Fsp3) is 0.857. The predicted octanol–water partition coefficient (Wildman–Crippen LogP) is -0.315. The first-order valence-corrected chi connectivity index (χ1v) is 3.84. The molecule has 1 rings (SSSR count). The van der Waals surface area contributed by atoms with E-state index in [1.807, 2.05) is 6.92 Å². The van der Waals surface area contributed by atoms with Gasteiger partial charge in [0.25, 0.3) is 0 Å². The Hall–Kier alpha value is -0.610. The quantitative estimate of drug-likeness (QED) is 0.450. The van der Waals surface area contributed by atoms with Crippen LogP contribution in [0.25, 0.3) is 0 Å². The summed E-state index contributed by atoms with van der Waals surface area (Å²) in [6.07, 6.45) is 1.87. The minimum Gasteiger partial charge on any atom is -0.395 e. The molecule has 1 aliphatic heterocycles. The number of nitrogens with zero attached hydrogens (tertiary/aromatic N) is 2. The number of β-amino-alcohol motifs (C(OH)–C–C–N with tert-alkyl or cyclic N) is 1. The summed E-state index contributed by atoms with van der Waals surface area (Å²) in [5, 5.41) is 12.2. The van der Waals surface area contributed by atoms with E-state index >= 15 is 0 Å². The molecule has 4 nitrogen and oxygen atoms in total. The molecule has 1 heterocycles. The number of hydrogen-bond acceptors (Lipinski definition) is 4. The maximum Gasteiger partial charge on any atom is 0.152 e. The highest BCUT2D eigenvalue weighted by atomic mass is 16.6. The van der Waals surface area contributed by atoms with Gasteiger partial charge in [0.05, 0.1) is 6.61 Å². The van der Waals surface area contributed by atoms with Gasteiger partial charge in [-0.25, -0.2) is 0 Å². The summed E-state index contributed by atoms with van der Waals surface area (Å²) in [6.45, 7) is 4.57. The molecule has 1 fully saturated rings. The first-order chi connectivity index (χ1) is 5.36. The van der Waals surface area contributed by atoms with Gasteiger partial charge in [-0.3, -0.25) is 4.90 Å². The largest absolute Gasteiger partial charge is 0.395 e. The van der Waals surface area contributed by atoms with Gasteiger partial charge in [-0.05, 0) is 6.92 Å². The number of aliphatic hydroxyl groups excluding tert-OH is 1. The SMILES string of the molecule is C/C=N/OC1CN(CCO)C1. The summed E-state index contributed by atoms with van der Waals surface area (Å²) in [5.74, 6) is 0. The van der Waals surface area contributed by atoms with Gasteiger partial charge in [-0.1, -0.05) is 5.16 Å². The lowest BCUT2D eigenvalue weighted by Gasteiger charge is -2.36. The third-order valence-corrected chi connectivity index (χ3v) is 1.66. The molecular formula is C7H14N2O2. The van der Waals surface area contributed by atoms with Gasteiger partial charge in [0.2, 0.25) is 0 Å². The van der Waals surface area contributed by atoms with E-state index in [1.54, 1.807) is 6.21 Å². The zero-order valence-corrected chi connectivity index (χ0v) is 6.73. The van der Waals surface area contributed by atoms with Gasteiger partial charge in [0, 0.05) is 25.8 Å². The van der Waals surface area contributed by atoms with Gasteiger partial charge in [0.15, 0.2) is 6.10 Å². The molecule has 0 aromatic carbocycles. The van der Waals surface area contributed by atoms with Crippen LogP contribution in [0.5, 0.6) is 0 Å². The second-order valence-corrected chi connectivity index (χ2v) is 2.57. The van der Waals surface area contributed by atoms with Crippen molar-refractivity contribution < 1.29 is 9.94 Å². The smallest absolute Gasteiger partial charge is 0.152 e. The van der Waals surface area contributed by atoms with Crippen molar-refractivity contribution in [3.05, 3.63) is 0 Å². The monoisotopic (exact) mass is 158 g/mol. The van der Waals surface area contributed by atoms with E-state index in [9.17, 15) is 0 Å². The minimum atomic E-state index is 0.226. The van der Waals surface area contributed by atoms with Crippen LogP contribution >= 0.6 is 0 Å². The van der Waals surface area contributed by atoms with E-state index in [-0.39, 0.29) is 12.7 Å². The van der Waals surface area contributed by atoms with Crippen LogP contribution < -0.4 is 0 Å². The van der Waals surface area contributed by atoms with Gasteiger partial charge in [-0.2, -0.15) is 0 Å². The van der Waals surface area contributed by atoms with Crippen molar-refractivity contribution in [3.63, 3.8) is 0 Å². The maximum absolute atomic E-state index is 8.55. The highest BCUT2D eigenvalue weighted by Crippen LogP contribution is 2.10. The van der Waals surface area contributed by atoms with Crippen LogP contribution in [0.3, 0.4) is 0 Å². The molecule has 0 bridgehead atoms. The second-order valence-electron chi connectivity index (χ2n) is 2.57. The van der Waals surface area contributed by atoms with Crippen molar-refractivity contribution >= 4 is 6.21 Å². The Labute approximate surface area is 66.4 Å². The Kier molecular flexibility index (Phi) is 3.32. The zero-order valence-electron chi connectivity index (χ0n) is 6.73. The van der Waals surface area contributed by atoms with Crippen LogP contribution in [-0.2, 0) is 4.84 Å². The van der Waals surface area contributed by atoms with E-state index in [4.69, 9.17) is 9.94 Å². The highest BCUT2D eigenvalue weighted by Gasteiger charge is 2.27. The average Bonchev–Trinajstić information content (AvgIpc) is 1.94. The van der Waals surface area contributed by atoms with Crippen molar-refractivity contribution in [1.82, 2.24) is 4.90 Å². The lowest BCUT2D eigenvalue weighted by atomic mass is 10.2. The first kappa shape index (κ1) is 8.49. The maximum atomic E-state index is 8.55. The summed E-state index contributed by atoms with van der Waals surface area (Å²) >= 11 is 0. The van der Waals surface area contributed by atoms with Crippen molar-refractivity contribution in [1.29, 1.82) is 0 Å². The first-order valence-electron chi connectivity index (χ1n) is 3.84. The summed E-state index contributed by atoms with van der Waals surface area (Å²) < 4.78 is 0. The second kappa shape index (κ2) is 4.31. The number of rotatable bonds is 4. The molecule has 0 saturated carbocycles. The van der Waals surface area contributed by atoms with E-state index in [1.165, 1.54) is 0 Å². The standard InChI is InChI=1S/C7H14N2O2/c1-2-8-11-7-5-9(6-7)3-4-10/h2,7,10H,3-6H2,1H3/b8-2+. The molecule has 4 heteroatoms. The normalized spacial score (nSPS) is 20.5. The Morgan fingerprint density at radius 3 is 3.00 bits per heavy atom. The Morgan fingerprint density at radius 1 is 1.73 bits per heavy atom. The van der Waals surface area contributed by atoms with Crippen molar-refractivity contribution in [2.75, 3.05) is 26.2 Å². The van der Waals surface area contributed by atoms with Crippen LogP contribution in [-0.4, -0.2) is 48.6 Å². The van der Waals surface area contributed by atoms with Gasteiger partial charge >= 0.3 is 0 Å². The molecule has 0 spiro atoms. The lowest BCUT2D eigenvalue weighted by Crippen LogP contribution is -2.52. The van der Waals surface area contributed by atoms with Crippen molar-refractivity contribution in [3.8, 4) is 0 Å². The molecule has 1 N–H and O–H groups in total. The predicted molar refractivity (Wildman–Crippen MR) is 42.6 cm³/mol. The Bertz CT molecular complexity index is 132. The number of likely N-dealkylation sites (tertiary alicyclic amines) is 1. The van der Waals surface area contributed by atoms with Crippen molar-refractivity contribution in [2.24, 2.45) is 5.16 Å². The minimum absolute atomic E-state index is 0.226. The third-order valence-electron chi connectivity index (χ3n) is 1.66. The molecule has 0 aromatic rings. The molecule has 1 saturated heterocycles. The molecule has 0 aromatic heterocycles. The molecule has 0 amide bonds. The molecule has 0 aliphatic carbocycles.